The summed E-state index contributed by atoms with van der Waals surface area (Å²) in [6.45, 7) is 1.97. The van der Waals surface area contributed by atoms with Crippen molar-refractivity contribution in [3.05, 3.63) is 30.1 Å². The van der Waals surface area contributed by atoms with E-state index in [0.29, 0.717) is 35.5 Å². The zero-order valence-electron chi connectivity index (χ0n) is 14.7. The van der Waals surface area contributed by atoms with Crippen molar-refractivity contribution in [2.75, 3.05) is 10.6 Å². The molecule has 5 rings (SSSR count). The number of fused-ring (bicyclic) bond motifs is 3. The van der Waals surface area contributed by atoms with Crippen LogP contribution in [-0.4, -0.2) is 43.3 Å². The lowest BCUT2D eigenvalue weighted by Crippen LogP contribution is -2.43. The predicted octanol–water partition coefficient (Wildman–Crippen LogP) is 2.49. The fourth-order valence-electron chi connectivity index (χ4n) is 4.08. The van der Waals surface area contributed by atoms with Crippen molar-refractivity contribution < 1.29 is 0 Å². The van der Waals surface area contributed by atoms with E-state index in [-0.39, 0.29) is 0 Å². The molecule has 3 aromatic rings. The Bertz CT molecular complexity index is 924. The number of piperidine rings is 1. The van der Waals surface area contributed by atoms with E-state index in [0.717, 1.165) is 29.7 Å². The zero-order valence-corrected chi connectivity index (χ0v) is 14.7. The number of aromatic amines is 1. The molecule has 0 aliphatic carbocycles. The molecule has 4 N–H and O–H groups in total. The maximum Gasteiger partial charge on any atom is 0.226 e. The number of hydrogen-bond acceptors (Lipinski definition) is 7. The standard InChI is InChI=1S/C18H22N8/c1-10-7-15(26-25-10)22-17-14-3-2-6-19-16(14)23-18(24-17)21-13-8-11-4-5-12(9-13)20-11/h2-3,6-7,11-13,20H,4-5,8-9H2,1H3,(H3,19,21,22,23,24,25,26)/t11-,12+,13-. The van der Waals surface area contributed by atoms with Crippen LogP contribution in [0.25, 0.3) is 11.0 Å². The monoisotopic (exact) mass is 350 g/mol. The lowest BCUT2D eigenvalue weighted by Gasteiger charge is -2.29. The van der Waals surface area contributed by atoms with E-state index in [2.05, 4.69) is 36.1 Å². The van der Waals surface area contributed by atoms with Crippen molar-refractivity contribution in [3.8, 4) is 0 Å². The Labute approximate surface area is 151 Å². The molecule has 2 aliphatic rings. The van der Waals surface area contributed by atoms with Gasteiger partial charge in [-0.3, -0.25) is 5.10 Å². The summed E-state index contributed by atoms with van der Waals surface area (Å²) < 4.78 is 0. The van der Waals surface area contributed by atoms with Gasteiger partial charge in [-0.1, -0.05) is 0 Å². The topological polar surface area (TPSA) is 103 Å². The van der Waals surface area contributed by atoms with E-state index >= 15 is 0 Å². The smallest absolute Gasteiger partial charge is 0.226 e. The van der Waals surface area contributed by atoms with Crippen LogP contribution in [-0.2, 0) is 0 Å². The summed E-state index contributed by atoms with van der Waals surface area (Å²) in [6.07, 6.45) is 6.53. The number of pyridine rings is 1. The molecule has 0 spiro atoms. The van der Waals surface area contributed by atoms with Crippen molar-refractivity contribution in [2.45, 2.75) is 50.7 Å². The Hall–Kier alpha value is -2.74. The Balaban J connectivity index is 1.46. The molecule has 5 heterocycles. The second-order valence-electron chi connectivity index (χ2n) is 7.28. The van der Waals surface area contributed by atoms with E-state index in [1.54, 1.807) is 6.20 Å². The fraction of sp³-hybridized carbons (Fsp3) is 0.444. The number of H-pyrrole nitrogens is 1. The molecule has 8 nitrogen and oxygen atoms in total. The lowest BCUT2D eigenvalue weighted by molar-refractivity contribution is 0.377. The van der Waals surface area contributed by atoms with E-state index in [9.17, 15) is 0 Å². The molecule has 2 fully saturated rings. The first-order chi connectivity index (χ1) is 12.7. The Morgan fingerprint density at radius 1 is 1.15 bits per heavy atom. The van der Waals surface area contributed by atoms with Crippen LogP contribution in [0, 0.1) is 6.92 Å². The number of aryl methyl sites for hydroxylation is 1. The SMILES string of the molecule is Cc1cc(Nc2nc(N[C@@H]3C[C@H]4CC[C@@H](C3)N4)nc3ncccc23)n[nH]1. The van der Waals surface area contributed by atoms with E-state index in [1.165, 1.54) is 12.8 Å². The van der Waals surface area contributed by atoms with Crippen LogP contribution >= 0.6 is 0 Å². The lowest BCUT2D eigenvalue weighted by atomic mass is 10.0. The quantitative estimate of drug-likeness (QED) is 0.573. The number of aromatic nitrogens is 5. The van der Waals surface area contributed by atoms with Crippen LogP contribution in [0.5, 0.6) is 0 Å². The van der Waals surface area contributed by atoms with E-state index < -0.39 is 0 Å². The summed E-state index contributed by atoms with van der Waals surface area (Å²) in [7, 11) is 0. The molecule has 0 unspecified atom stereocenters. The molecule has 0 amide bonds. The largest absolute Gasteiger partial charge is 0.351 e. The number of nitrogens with one attached hydrogen (secondary N) is 4. The van der Waals surface area contributed by atoms with Crippen LogP contribution in [0.3, 0.4) is 0 Å². The second kappa shape index (κ2) is 6.21. The maximum atomic E-state index is 4.72. The van der Waals surface area contributed by atoms with Gasteiger partial charge in [0.25, 0.3) is 0 Å². The molecular formula is C18H22N8. The normalized spacial score (nSPS) is 24.7. The summed E-state index contributed by atoms with van der Waals surface area (Å²) in [5, 5.41) is 18.6. The fourth-order valence-corrected chi connectivity index (χ4v) is 4.08. The van der Waals surface area contributed by atoms with Crippen LogP contribution in [0.15, 0.2) is 24.4 Å². The highest BCUT2D eigenvalue weighted by Gasteiger charge is 2.33. The number of rotatable bonds is 4. The highest BCUT2D eigenvalue weighted by atomic mass is 15.2. The van der Waals surface area contributed by atoms with E-state index in [1.807, 2.05) is 25.1 Å². The zero-order chi connectivity index (χ0) is 17.5. The van der Waals surface area contributed by atoms with Crippen molar-refractivity contribution in [1.29, 1.82) is 0 Å². The van der Waals surface area contributed by atoms with Gasteiger partial charge in [-0.25, -0.2) is 4.98 Å². The van der Waals surface area contributed by atoms with Gasteiger partial charge in [-0.2, -0.15) is 15.1 Å². The van der Waals surface area contributed by atoms with Gasteiger partial charge in [0, 0.05) is 36.1 Å². The van der Waals surface area contributed by atoms with Gasteiger partial charge in [0.1, 0.15) is 5.82 Å². The van der Waals surface area contributed by atoms with Crippen molar-refractivity contribution in [2.24, 2.45) is 0 Å². The van der Waals surface area contributed by atoms with Gasteiger partial charge in [0.15, 0.2) is 11.5 Å². The molecule has 134 valence electrons. The molecule has 8 heteroatoms. The third-order valence-corrected chi connectivity index (χ3v) is 5.23. The summed E-state index contributed by atoms with van der Waals surface area (Å²) in [5.74, 6) is 2.07. The van der Waals surface area contributed by atoms with Gasteiger partial charge < -0.3 is 16.0 Å². The molecule has 2 bridgehead atoms. The predicted molar refractivity (Wildman–Crippen MR) is 101 cm³/mol. The molecular weight excluding hydrogens is 328 g/mol. The van der Waals surface area contributed by atoms with Crippen molar-refractivity contribution >= 4 is 28.6 Å². The Morgan fingerprint density at radius 2 is 2.00 bits per heavy atom. The first-order valence-corrected chi connectivity index (χ1v) is 9.17. The van der Waals surface area contributed by atoms with Gasteiger partial charge >= 0.3 is 0 Å². The first-order valence-electron chi connectivity index (χ1n) is 9.17. The Morgan fingerprint density at radius 3 is 2.77 bits per heavy atom. The van der Waals surface area contributed by atoms with Gasteiger partial charge in [0.2, 0.25) is 5.95 Å². The number of hydrogen-bond donors (Lipinski definition) is 4. The summed E-state index contributed by atoms with van der Waals surface area (Å²) in [4.78, 5) is 13.8. The van der Waals surface area contributed by atoms with E-state index in [4.69, 9.17) is 4.98 Å². The van der Waals surface area contributed by atoms with Crippen molar-refractivity contribution in [1.82, 2.24) is 30.5 Å². The van der Waals surface area contributed by atoms with Gasteiger partial charge in [-0.15, -0.1) is 0 Å². The minimum absolute atomic E-state index is 0.399. The third-order valence-electron chi connectivity index (χ3n) is 5.23. The van der Waals surface area contributed by atoms with Crippen LogP contribution in [0.1, 0.15) is 31.4 Å². The van der Waals surface area contributed by atoms with Crippen LogP contribution < -0.4 is 16.0 Å². The highest BCUT2D eigenvalue weighted by Crippen LogP contribution is 2.29. The second-order valence-corrected chi connectivity index (χ2v) is 7.28. The molecule has 2 saturated heterocycles. The van der Waals surface area contributed by atoms with Crippen molar-refractivity contribution in [3.63, 3.8) is 0 Å². The van der Waals surface area contributed by atoms with Gasteiger partial charge in [0.05, 0.1) is 5.39 Å². The van der Waals surface area contributed by atoms with Crippen LogP contribution in [0.4, 0.5) is 17.6 Å². The summed E-state index contributed by atoms with van der Waals surface area (Å²) in [6, 6.07) is 7.45. The number of nitrogens with zero attached hydrogens (tertiary/aromatic N) is 4. The minimum atomic E-state index is 0.399. The molecule has 0 radical (unpaired) electrons. The molecule has 3 aromatic heterocycles. The average molecular weight is 350 g/mol. The maximum absolute atomic E-state index is 4.72. The Kier molecular flexibility index (Phi) is 3.70. The minimum Gasteiger partial charge on any atom is -0.351 e. The summed E-state index contributed by atoms with van der Waals surface area (Å²) in [5.41, 5.74) is 1.67. The molecule has 26 heavy (non-hydrogen) atoms. The third kappa shape index (κ3) is 2.96. The first kappa shape index (κ1) is 15.5. The van der Waals surface area contributed by atoms with Gasteiger partial charge in [-0.05, 0) is 44.7 Å². The molecule has 0 saturated carbocycles. The molecule has 2 aliphatic heterocycles. The molecule has 3 atom stereocenters. The van der Waals surface area contributed by atoms with Crippen LogP contribution in [0.2, 0.25) is 0 Å². The summed E-state index contributed by atoms with van der Waals surface area (Å²) >= 11 is 0. The number of anilines is 3. The average Bonchev–Trinajstić information content (AvgIpc) is 3.19. The highest BCUT2D eigenvalue weighted by molar-refractivity contribution is 5.89. The molecule has 0 aromatic carbocycles.